The van der Waals surface area contributed by atoms with E-state index in [9.17, 15) is 35.8 Å². The third kappa shape index (κ3) is 6.16. The largest absolute Gasteiger partial charge is 0.416 e. The number of alkyl halides is 6. The van der Waals surface area contributed by atoms with Gasteiger partial charge in [-0.15, -0.1) is 0 Å². The van der Waals surface area contributed by atoms with E-state index < -0.39 is 47.7 Å². The number of hydrogen-bond donors (Lipinski definition) is 2. The number of nitrogens with two attached hydrogens (primary N) is 1. The summed E-state index contributed by atoms with van der Waals surface area (Å²) in [5, 5.41) is 10.6. The summed E-state index contributed by atoms with van der Waals surface area (Å²) >= 11 is 0. The van der Waals surface area contributed by atoms with E-state index in [1.807, 2.05) is 0 Å². The molecule has 166 valence electrons. The molecule has 0 spiro atoms. The zero-order valence-corrected chi connectivity index (χ0v) is 16.0. The van der Waals surface area contributed by atoms with Crippen LogP contribution in [0.4, 0.5) is 30.7 Å². The van der Waals surface area contributed by atoms with E-state index in [0.29, 0.717) is 17.7 Å². The number of ether oxygens (including phenoxy) is 1. The van der Waals surface area contributed by atoms with Crippen molar-refractivity contribution < 1.29 is 40.6 Å². The lowest BCUT2D eigenvalue weighted by Crippen LogP contribution is -2.34. The Labute approximate surface area is 168 Å². The standard InChI is InChI=1S/C20H20F7NO2/c1-11-5-13(3-4-16(11)21)18(2,29)9-17(28)30-10-12-6-14(19(22,23)24)8-15(7-12)20(25,26)27/h3-8,17,29H,9-10,28H2,1-2H3. The summed E-state index contributed by atoms with van der Waals surface area (Å²) in [6.45, 7) is 2.25. The van der Waals surface area contributed by atoms with Gasteiger partial charge >= 0.3 is 12.4 Å². The van der Waals surface area contributed by atoms with Crippen molar-refractivity contribution in [2.45, 2.75) is 51.1 Å². The lowest BCUT2D eigenvalue weighted by atomic mass is 9.90. The molecule has 0 bridgehead atoms. The van der Waals surface area contributed by atoms with Crippen molar-refractivity contribution in [3.05, 3.63) is 70.0 Å². The Balaban J connectivity index is 2.15. The fourth-order valence-electron chi connectivity index (χ4n) is 2.85. The Hall–Kier alpha value is -2.17. The molecule has 30 heavy (non-hydrogen) atoms. The zero-order chi connectivity index (χ0) is 22.9. The van der Waals surface area contributed by atoms with Crippen LogP contribution in [-0.4, -0.2) is 11.3 Å². The predicted molar refractivity (Wildman–Crippen MR) is 94.5 cm³/mol. The van der Waals surface area contributed by atoms with Crippen LogP contribution in [-0.2, 0) is 29.3 Å². The van der Waals surface area contributed by atoms with E-state index in [2.05, 4.69) is 0 Å². The van der Waals surface area contributed by atoms with Crippen LogP contribution in [0.2, 0.25) is 0 Å². The van der Waals surface area contributed by atoms with Crippen molar-refractivity contribution in [2.24, 2.45) is 5.73 Å². The smallest absolute Gasteiger partial charge is 0.385 e. The second kappa shape index (κ2) is 8.52. The van der Waals surface area contributed by atoms with Crippen LogP contribution >= 0.6 is 0 Å². The molecule has 0 fully saturated rings. The predicted octanol–water partition coefficient (Wildman–Crippen LogP) is 5.27. The first-order chi connectivity index (χ1) is 13.6. The van der Waals surface area contributed by atoms with Crippen molar-refractivity contribution >= 4 is 0 Å². The second-order valence-electron chi connectivity index (χ2n) is 7.21. The molecule has 3 nitrogen and oxygen atoms in total. The van der Waals surface area contributed by atoms with E-state index in [0.717, 1.165) is 6.07 Å². The molecule has 0 aromatic heterocycles. The van der Waals surface area contributed by atoms with Gasteiger partial charge in [0.25, 0.3) is 0 Å². The molecule has 10 heteroatoms. The van der Waals surface area contributed by atoms with Crippen molar-refractivity contribution in [2.75, 3.05) is 0 Å². The van der Waals surface area contributed by atoms with Crippen molar-refractivity contribution in [1.82, 2.24) is 0 Å². The van der Waals surface area contributed by atoms with Crippen LogP contribution < -0.4 is 5.73 Å². The molecule has 2 aromatic carbocycles. The first kappa shape index (κ1) is 24.1. The monoisotopic (exact) mass is 439 g/mol. The van der Waals surface area contributed by atoms with Gasteiger partial charge < -0.3 is 15.6 Å². The maximum Gasteiger partial charge on any atom is 0.416 e. The molecular formula is C20H20F7NO2. The molecule has 0 saturated carbocycles. The number of benzene rings is 2. The molecule has 0 aliphatic rings. The van der Waals surface area contributed by atoms with E-state index in [-0.39, 0.29) is 23.6 Å². The van der Waals surface area contributed by atoms with Gasteiger partial charge in [-0.05, 0) is 54.8 Å². The molecular weight excluding hydrogens is 419 g/mol. The minimum atomic E-state index is -4.97. The summed E-state index contributed by atoms with van der Waals surface area (Å²) in [6, 6.07) is 5.02. The number of hydrogen-bond acceptors (Lipinski definition) is 3. The van der Waals surface area contributed by atoms with Crippen LogP contribution in [0.3, 0.4) is 0 Å². The number of rotatable bonds is 6. The number of halogens is 7. The highest BCUT2D eigenvalue weighted by atomic mass is 19.4. The molecule has 0 saturated heterocycles. The molecule has 0 heterocycles. The van der Waals surface area contributed by atoms with Gasteiger partial charge in [-0.2, -0.15) is 26.3 Å². The average Bonchev–Trinajstić information content (AvgIpc) is 2.60. The Morgan fingerprint density at radius 2 is 1.47 bits per heavy atom. The van der Waals surface area contributed by atoms with Gasteiger partial charge in [-0.25, -0.2) is 4.39 Å². The van der Waals surface area contributed by atoms with Gasteiger partial charge in [0.1, 0.15) is 12.0 Å². The molecule has 2 atom stereocenters. The van der Waals surface area contributed by atoms with E-state index in [4.69, 9.17) is 10.5 Å². The van der Waals surface area contributed by atoms with Crippen LogP contribution in [0.15, 0.2) is 36.4 Å². The summed E-state index contributed by atoms with van der Waals surface area (Å²) < 4.78 is 96.1. The Kier molecular flexibility index (Phi) is 6.85. The van der Waals surface area contributed by atoms with Crippen molar-refractivity contribution in [3.63, 3.8) is 0 Å². The van der Waals surface area contributed by atoms with Gasteiger partial charge in [0, 0.05) is 6.42 Å². The highest BCUT2D eigenvalue weighted by Crippen LogP contribution is 2.36. The zero-order valence-electron chi connectivity index (χ0n) is 16.0. The van der Waals surface area contributed by atoms with Crippen LogP contribution in [0.25, 0.3) is 0 Å². The van der Waals surface area contributed by atoms with Gasteiger partial charge in [-0.3, -0.25) is 0 Å². The van der Waals surface area contributed by atoms with Crippen molar-refractivity contribution in [3.8, 4) is 0 Å². The summed E-state index contributed by atoms with van der Waals surface area (Å²) in [5.74, 6) is -0.472. The summed E-state index contributed by atoms with van der Waals surface area (Å²) in [7, 11) is 0. The molecule has 0 aliphatic heterocycles. The van der Waals surface area contributed by atoms with E-state index in [1.54, 1.807) is 0 Å². The van der Waals surface area contributed by atoms with Crippen LogP contribution in [0, 0.1) is 12.7 Å². The lowest BCUT2D eigenvalue weighted by molar-refractivity contribution is -0.143. The summed E-state index contributed by atoms with van der Waals surface area (Å²) in [4.78, 5) is 0. The Morgan fingerprint density at radius 1 is 0.933 bits per heavy atom. The molecule has 0 aliphatic carbocycles. The molecule has 0 radical (unpaired) electrons. The minimum Gasteiger partial charge on any atom is -0.385 e. The molecule has 0 amide bonds. The highest BCUT2D eigenvalue weighted by Gasteiger charge is 2.37. The Bertz CT molecular complexity index is 859. The third-order valence-corrected chi connectivity index (χ3v) is 4.49. The van der Waals surface area contributed by atoms with E-state index >= 15 is 0 Å². The maximum absolute atomic E-state index is 13.4. The quantitative estimate of drug-likeness (QED) is 0.476. The van der Waals surface area contributed by atoms with E-state index in [1.165, 1.54) is 26.0 Å². The summed E-state index contributed by atoms with van der Waals surface area (Å²) in [5.41, 5.74) is 1.52. The molecule has 2 aromatic rings. The first-order valence-electron chi connectivity index (χ1n) is 8.74. The normalized spacial score (nSPS) is 15.7. The molecule has 3 N–H and O–H groups in total. The molecule has 2 rings (SSSR count). The maximum atomic E-state index is 13.4. The van der Waals surface area contributed by atoms with Crippen LogP contribution in [0.5, 0.6) is 0 Å². The fraction of sp³-hybridized carbons (Fsp3) is 0.400. The van der Waals surface area contributed by atoms with Crippen LogP contribution in [0.1, 0.15) is 41.2 Å². The fourth-order valence-corrected chi connectivity index (χ4v) is 2.85. The van der Waals surface area contributed by atoms with Gasteiger partial charge in [0.05, 0.1) is 23.3 Å². The second-order valence-corrected chi connectivity index (χ2v) is 7.21. The third-order valence-electron chi connectivity index (χ3n) is 4.49. The highest BCUT2D eigenvalue weighted by molar-refractivity contribution is 5.33. The number of aryl methyl sites for hydroxylation is 1. The Morgan fingerprint density at radius 3 is 1.93 bits per heavy atom. The first-order valence-corrected chi connectivity index (χ1v) is 8.74. The summed E-state index contributed by atoms with van der Waals surface area (Å²) in [6.07, 6.45) is -11.4. The topological polar surface area (TPSA) is 55.5 Å². The minimum absolute atomic E-state index is 0.0189. The van der Waals surface area contributed by atoms with Gasteiger partial charge in [0.15, 0.2) is 0 Å². The number of aliphatic hydroxyl groups is 1. The van der Waals surface area contributed by atoms with Gasteiger partial charge in [0.2, 0.25) is 0 Å². The van der Waals surface area contributed by atoms with Gasteiger partial charge in [-0.1, -0.05) is 12.1 Å². The molecule has 2 unspecified atom stereocenters. The SMILES string of the molecule is Cc1cc(C(C)(O)CC(N)OCc2cc(C(F)(F)F)cc(C(F)(F)F)c2)ccc1F. The van der Waals surface area contributed by atoms with Crippen molar-refractivity contribution in [1.29, 1.82) is 0 Å². The average molecular weight is 439 g/mol. The lowest BCUT2D eigenvalue weighted by Gasteiger charge is -2.27.